The second-order valence-corrected chi connectivity index (χ2v) is 4.08. The minimum absolute atomic E-state index is 0.0310. The van der Waals surface area contributed by atoms with Crippen molar-refractivity contribution in [2.24, 2.45) is 0 Å². The van der Waals surface area contributed by atoms with Crippen molar-refractivity contribution in [3.05, 3.63) is 59.7 Å². The maximum atomic E-state index is 12.9. The van der Waals surface area contributed by atoms with E-state index in [9.17, 15) is 13.2 Å². The van der Waals surface area contributed by atoms with Crippen LogP contribution >= 0.6 is 0 Å². The maximum Gasteiger partial charge on any atom is 0.419 e. The zero-order valence-corrected chi connectivity index (χ0v) is 10.3. The van der Waals surface area contributed by atoms with Crippen LogP contribution in [0.5, 0.6) is 11.5 Å². The van der Waals surface area contributed by atoms with E-state index >= 15 is 0 Å². The van der Waals surface area contributed by atoms with Gasteiger partial charge >= 0.3 is 6.18 Å². The summed E-state index contributed by atoms with van der Waals surface area (Å²) in [6.07, 6.45) is -4.47. The van der Waals surface area contributed by atoms with Crippen molar-refractivity contribution in [1.29, 1.82) is 5.26 Å². The molecule has 2 aromatic carbocycles. The van der Waals surface area contributed by atoms with E-state index in [4.69, 9.17) is 10.00 Å². The minimum atomic E-state index is -4.50. The van der Waals surface area contributed by atoms with Crippen molar-refractivity contribution in [3.63, 3.8) is 0 Å². The summed E-state index contributed by atoms with van der Waals surface area (Å²) < 4.78 is 44.1. The summed E-state index contributed by atoms with van der Waals surface area (Å²) >= 11 is 0. The number of rotatable bonds is 3. The SMILES string of the molecule is N#CCc1ccc(C(F)(F)F)c(Oc2ccccc2)c1. The third-order valence-electron chi connectivity index (χ3n) is 2.61. The van der Waals surface area contributed by atoms with Crippen molar-refractivity contribution < 1.29 is 17.9 Å². The van der Waals surface area contributed by atoms with Gasteiger partial charge in [0.15, 0.2) is 0 Å². The van der Waals surface area contributed by atoms with Crippen molar-refractivity contribution in [1.82, 2.24) is 0 Å². The fraction of sp³-hybridized carbons (Fsp3) is 0.133. The van der Waals surface area contributed by atoms with Gasteiger partial charge in [0.2, 0.25) is 0 Å². The van der Waals surface area contributed by atoms with Gasteiger partial charge in [-0.25, -0.2) is 0 Å². The lowest BCUT2D eigenvalue weighted by Crippen LogP contribution is -2.07. The zero-order chi connectivity index (χ0) is 14.6. The van der Waals surface area contributed by atoms with Crippen LogP contribution in [0.2, 0.25) is 0 Å². The standard InChI is InChI=1S/C15H10F3NO/c16-15(17,18)13-7-6-11(8-9-19)10-14(13)20-12-4-2-1-3-5-12/h1-7,10H,8H2. The van der Waals surface area contributed by atoms with Gasteiger partial charge in [0, 0.05) is 0 Å². The minimum Gasteiger partial charge on any atom is -0.457 e. The Morgan fingerprint density at radius 2 is 1.75 bits per heavy atom. The van der Waals surface area contributed by atoms with Crippen LogP contribution in [0.1, 0.15) is 11.1 Å². The van der Waals surface area contributed by atoms with Crippen LogP contribution in [0.25, 0.3) is 0 Å². The number of halogens is 3. The van der Waals surface area contributed by atoms with Crippen molar-refractivity contribution in [2.45, 2.75) is 12.6 Å². The van der Waals surface area contributed by atoms with E-state index in [1.165, 1.54) is 12.1 Å². The molecule has 0 radical (unpaired) electrons. The monoisotopic (exact) mass is 277 g/mol. The summed E-state index contributed by atoms with van der Waals surface area (Å²) in [5.74, 6) is 0.0172. The van der Waals surface area contributed by atoms with Crippen LogP contribution in [0, 0.1) is 11.3 Å². The number of nitrogens with zero attached hydrogens (tertiary/aromatic N) is 1. The second-order valence-electron chi connectivity index (χ2n) is 4.08. The van der Waals surface area contributed by atoms with Gasteiger partial charge in [0.25, 0.3) is 0 Å². The first kappa shape index (κ1) is 13.9. The Balaban J connectivity index is 2.42. The Bertz CT molecular complexity index is 630. The van der Waals surface area contributed by atoms with Crippen LogP contribution in [-0.2, 0) is 12.6 Å². The van der Waals surface area contributed by atoms with Crippen molar-refractivity contribution in [3.8, 4) is 17.6 Å². The first-order valence-corrected chi connectivity index (χ1v) is 5.80. The van der Waals surface area contributed by atoms with Gasteiger partial charge in [-0.15, -0.1) is 0 Å². The van der Waals surface area contributed by atoms with Crippen LogP contribution in [0.3, 0.4) is 0 Å². The summed E-state index contributed by atoms with van der Waals surface area (Å²) in [6.45, 7) is 0. The van der Waals surface area contributed by atoms with Crippen LogP contribution in [0.4, 0.5) is 13.2 Å². The summed E-state index contributed by atoms with van der Waals surface area (Å²) in [6, 6.07) is 13.6. The Kier molecular flexibility index (Phi) is 3.94. The fourth-order valence-electron chi connectivity index (χ4n) is 1.70. The number of nitriles is 1. The first-order valence-electron chi connectivity index (χ1n) is 5.80. The molecule has 0 aliphatic rings. The van der Waals surface area contributed by atoms with E-state index in [2.05, 4.69) is 0 Å². The molecule has 5 heteroatoms. The lowest BCUT2D eigenvalue weighted by molar-refractivity contribution is -0.138. The lowest BCUT2D eigenvalue weighted by atomic mass is 10.1. The van der Waals surface area contributed by atoms with Crippen LogP contribution in [-0.4, -0.2) is 0 Å². The first-order chi connectivity index (χ1) is 9.50. The number of hydrogen-bond acceptors (Lipinski definition) is 2. The molecule has 0 N–H and O–H groups in total. The quantitative estimate of drug-likeness (QED) is 0.823. The molecule has 0 bridgehead atoms. The molecule has 0 saturated heterocycles. The van der Waals surface area contributed by atoms with E-state index in [0.717, 1.165) is 6.07 Å². The smallest absolute Gasteiger partial charge is 0.419 e. The van der Waals surface area contributed by atoms with Crippen molar-refractivity contribution in [2.75, 3.05) is 0 Å². The molecule has 0 heterocycles. The highest BCUT2D eigenvalue weighted by Gasteiger charge is 2.34. The summed E-state index contributed by atoms with van der Waals surface area (Å²) in [7, 11) is 0. The Morgan fingerprint density at radius 3 is 2.35 bits per heavy atom. The molecule has 0 amide bonds. The van der Waals surface area contributed by atoms with E-state index < -0.39 is 11.7 Å². The fourth-order valence-corrected chi connectivity index (χ4v) is 1.70. The van der Waals surface area contributed by atoms with Gasteiger partial charge in [-0.2, -0.15) is 18.4 Å². The summed E-state index contributed by atoms with van der Waals surface area (Å²) in [4.78, 5) is 0. The molecule has 2 rings (SSSR count). The lowest BCUT2D eigenvalue weighted by Gasteiger charge is -2.14. The molecule has 0 fully saturated rings. The van der Waals surface area contributed by atoms with E-state index in [1.807, 2.05) is 6.07 Å². The third-order valence-corrected chi connectivity index (χ3v) is 2.61. The Hall–Kier alpha value is -2.48. The molecule has 0 aliphatic heterocycles. The predicted octanol–water partition coefficient (Wildman–Crippen LogP) is 4.56. The summed E-state index contributed by atoms with van der Waals surface area (Å²) in [5.41, 5.74) is -0.380. The van der Waals surface area contributed by atoms with Gasteiger partial charge in [0.05, 0.1) is 18.1 Å². The average Bonchev–Trinajstić information content (AvgIpc) is 2.39. The molecule has 20 heavy (non-hydrogen) atoms. The van der Waals surface area contributed by atoms with Gasteiger partial charge in [-0.05, 0) is 29.8 Å². The molecule has 0 aromatic heterocycles. The molecular weight excluding hydrogens is 267 g/mol. The molecule has 2 aromatic rings. The van der Waals surface area contributed by atoms with E-state index in [1.54, 1.807) is 30.3 Å². The largest absolute Gasteiger partial charge is 0.457 e. The van der Waals surface area contributed by atoms with Crippen LogP contribution < -0.4 is 4.74 Å². The highest BCUT2D eigenvalue weighted by atomic mass is 19.4. The maximum absolute atomic E-state index is 12.9. The van der Waals surface area contributed by atoms with Gasteiger partial charge in [0.1, 0.15) is 11.5 Å². The molecule has 0 unspecified atom stereocenters. The number of alkyl halides is 3. The molecular formula is C15H10F3NO. The highest BCUT2D eigenvalue weighted by molar-refractivity contribution is 5.43. The predicted molar refractivity (Wildman–Crippen MR) is 67.3 cm³/mol. The third kappa shape index (κ3) is 3.29. The molecule has 102 valence electrons. The number of ether oxygens (including phenoxy) is 1. The van der Waals surface area contributed by atoms with Gasteiger partial charge in [-0.1, -0.05) is 24.3 Å². The Morgan fingerprint density at radius 1 is 1.05 bits per heavy atom. The highest BCUT2D eigenvalue weighted by Crippen LogP contribution is 2.38. The molecule has 0 aliphatic carbocycles. The molecule has 0 spiro atoms. The van der Waals surface area contributed by atoms with E-state index in [0.29, 0.717) is 11.3 Å². The van der Waals surface area contributed by atoms with Gasteiger partial charge < -0.3 is 4.74 Å². The molecule has 0 atom stereocenters. The van der Waals surface area contributed by atoms with Gasteiger partial charge in [-0.3, -0.25) is 0 Å². The van der Waals surface area contributed by atoms with Crippen molar-refractivity contribution >= 4 is 0 Å². The topological polar surface area (TPSA) is 33.0 Å². The normalized spacial score (nSPS) is 10.9. The second kappa shape index (κ2) is 5.66. The number of hydrogen-bond donors (Lipinski definition) is 0. The molecule has 0 saturated carbocycles. The Labute approximate surface area is 114 Å². The average molecular weight is 277 g/mol. The van der Waals surface area contributed by atoms with E-state index in [-0.39, 0.29) is 12.2 Å². The zero-order valence-electron chi connectivity index (χ0n) is 10.3. The van der Waals surface area contributed by atoms with Crippen LogP contribution in [0.15, 0.2) is 48.5 Å². The number of para-hydroxylation sites is 1. The summed E-state index contributed by atoms with van der Waals surface area (Å²) in [5, 5.41) is 8.62. The number of benzene rings is 2. The molecule has 2 nitrogen and oxygen atoms in total.